The van der Waals surface area contributed by atoms with Gasteiger partial charge in [-0.05, 0) is 44.4 Å². The van der Waals surface area contributed by atoms with Crippen LogP contribution in [0.1, 0.15) is 38.5 Å². The normalized spacial score (nSPS) is 26.9. The molecular weight excluding hydrogens is 310 g/mol. The molecule has 1 aromatic rings. The number of hydrogen-bond donors (Lipinski definition) is 0. The van der Waals surface area contributed by atoms with E-state index in [1.807, 2.05) is 0 Å². The average Bonchev–Trinajstić information content (AvgIpc) is 3.23. The van der Waals surface area contributed by atoms with Gasteiger partial charge in [-0.15, -0.1) is 0 Å². The predicted octanol–water partition coefficient (Wildman–Crippen LogP) is 3.22. The summed E-state index contributed by atoms with van der Waals surface area (Å²) >= 11 is 0. The maximum Gasteiger partial charge on any atom is 0.142 e. The Labute approximate surface area is 152 Å². The van der Waals surface area contributed by atoms with Gasteiger partial charge in [0, 0.05) is 44.8 Å². The maximum absolute atomic E-state index is 5.55. The van der Waals surface area contributed by atoms with Gasteiger partial charge in [-0.2, -0.15) is 0 Å². The van der Waals surface area contributed by atoms with E-state index in [-0.39, 0.29) is 0 Å². The number of nitrogens with zero attached hydrogens (tertiary/aromatic N) is 3. The van der Waals surface area contributed by atoms with Crippen LogP contribution in [0, 0.1) is 0 Å². The number of hydrogen-bond acceptors (Lipinski definition) is 4. The van der Waals surface area contributed by atoms with Gasteiger partial charge in [0.2, 0.25) is 0 Å². The first-order chi connectivity index (χ1) is 12.3. The van der Waals surface area contributed by atoms with Crippen LogP contribution in [0.15, 0.2) is 24.3 Å². The van der Waals surface area contributed by atoms with E-state index >= 15 is 0 Å². The molecule has 25 heavy (non-hydrogen) atoms. The molecule has 1 atom stereocenters. The number of piperazine rings is 1. The molecule has 1 saturated carbocycles. The lowest BCUT2D eigenvalue weighted by Crippen LogP contribution is -2.56. The second kappa shape index (κ2) is 7.96. The molecule has 1 aliphatic carbocycles. The summed E-state index contributed by atoms with van der Waals surface area (Å²) in [7, 11) is 1.77. The Morgan fingerprint density at radius 1 is 0.800 bits per heavy atom. The summed E-state index contributed by atoms with van der Waals surface area (Å²) < 4.78 is 5.55. The first-order valence-electron chi connectivity index (χ1n) is 10.2. The molecule has 2 saturated heterocycles. The molecule has 4 nitrogen and oxygen atoms in total. The summed E-state index contributed by atoms with van der Waals surface area (Å²) in [6.07, 6.45) is 8.54. The molecule has 4 heteroatoms. The van der Waals surface area contributed by atoms with Crippen molar-refractivity contribution in [1.82, 2.24) is 9.80 Å². The number of para-hydroxylation sites is 2. The van der Waals surface area contributed by atoms with E-state index in [1.54, 1.807) is 7.11 Å². The fraction of sp³-hybridized carbons (Fsp3) is 0.714. The third-order valence-electron chi connectivity index (χ3n) is 6.53. The Bertz CT molecular complexity index is 550. The highest BCUT2D eigenvalue weighted by molar-refractivity contribution is 5.58. The van der Waals surface area contributed by atoms with E-state index in [1.165, 1.54) is 70.4 Å². The maximum atomic E-state index is 5.55. The number of ether oxygens (including phenoxy) is 1. The van der Waals surface area contributed by atoms with Crippen LogP contribution in [0.5, 0.6) is 5.75 Å². The smallest absolute Gasteiger partial charge is 0.142 e. The molecular formula is C21H33N3O. The van der Waals surface area contributed by atoms with Gasteiger partial charge in [0.15, 0.2) is 0 Å². The fourth-order valence-electron chi connectivity index (χ4n) is 5.10. The Balaban J connectivity index is 1.33. The van der Waals surface area contributed by atoms with Crippen LogP contribution in [-0.4, -0.2) is 68.3 Å². The van der Waals surface area contributed by atoms with Crippen molar-refractivity contribution in [1.29, 1.82) is 0 Å². The van der Waals surface area contributed by atoms with Crippen LogP contribution < -0.4 is 9.64 Å². The first-order valence-corrected chi connectivity index (χ1v) is 10.2. The molecule has 0 unspecified atom stereocenters. The summed E-state index contributed by atoms with van der Waals surface area (Å²) in [4.78, 5) is 8.06. The summed E-state index contributed by atoms with van der Waals surface area (Å²) in [5.41, 5.74) is 1.25. The molecule has 0 amide bonds. The lowest BCUT2D eigenvalue weighted by atomic mass is 10.0. The second-order valence-electron chi connectivity index (χ2n) is 7.92. The summed E-state index contributed by atoms with van der Waals surface area (Å²) in [5.74, 6) is 1.00. The summed E-state index contributed by atoms with van der Waals surface area (Å²) in [5, 5.41) is 0. The van der Waals surface area contributed by atoms with Gasteiger partial charge in [0.1, 0.15) is 5.75 Å². The Hall–Kier alpha value is -1.26. The van der Waals surface area contributed by atoms with Gasteiger partial charge in [0.05, 0.1) is 12.8 Å². The molecule has 3 aliphatic rings. The molecule has 0 spiro atoms. The molecule has 2 heterocycles. The van der Waals surface area contributed by atoms with Crippen LogP contribution in [0.25, 0.3) is 0 Å². The van der Waals surface area contributed by atoms with Crippen LogP contribution in [0.3, 0.4) is 0 Å². The van der Waals surface area contributed by atoms with Crippen molar-refractivity contribution in [3.63, 3.8) is 0 Å². The molecule has 1 aromatic carbocycles. The third kappa shape index (κ3) is 3.80. The zero-order valence-corrected chi connectivity index (χ0v) is 15.7. The van der Waals surface area contributed by atoms with Crippen LogP contribution in [-0.2, 0) is 0 Å². The SMILES string of the molecule is COc1ccccc1N1CCN([C@@H]2CCCN(C3CCCC3)C2)CC1. The number of methoxy groups -OCH3 is 1. The van der Waals surface area contributed by atoms with Crippen LogP contribution >= 0.6 is 0 Å². The number of rotatable bonds is 4. The van der Waals surface area contributed by atoms with Crippen LogP contribution in [0.4, 0.5) is 5.69 Å². The number of likely N-dealkylation sites (tertiary alicyclic amines) is 1. The van der Waals surface area contributed by atoms with Crippen molar-refractivity contribution in [3.8, 4) is 5.75 Å². The highest BCUT2D eigenvalue weighted by Crippen LogP contribution is 2.30. The van der Waals surface area contributed by atoms with Gasteiger partial charge in [-0.3, -0.25) is 9.80 Å². The summed E-state index contributed by atoms with van der Waals surface area (Å²) in [6.45, 7) is 7.23. The standard InChI is InChI=1S/C21H33N3O/c1-25-21-11-5-4-10-20(21)23-15-13-22(14-16-23)19-9-6-12-24(17-19)18-7-2-3-8-18/h4-5,10-11,18-19H,2-3,6-9,12-17H2,1H3/t19-/m1/s1. The van der Waals surface area contributed by atoms with Crippen LogP contribution in [0.2, 0.25) is 0 Å². The number of anilines is 1. The average molecular weight is 344 g/mol. The van der Waals surface area contributed by atoms with Gasteiger partial charge in [-0.1, -0.05) is 25.0 Å². The molecule has 2 aliphatic heterocycles. The molecule has 0 radical (unpaired) electrons. The molecule has 0 aromatic heterocycles. The molecule has 138 valence electrons. The molecule has 4 rings (SSSR count). The lowest BCUT2D eigenvalue weighted by Gasteiger charge is -2.45. The topological polar surface area (TPSA) is 19.0 Å². The Morgan fingerprint density at radius 2 is 1.52 bits per heavy atom. The molecule has 3 fully saturated rings. The third-order valence-corrected chi connectivity index (χ3v) is 6.53. The van der Waals surface area contributed by atoms with E-state index in [0.29, 0.717) is 0 Å². The van der Waals surface area contributed by atoms with Gasteiger partial charge in [0.25, 0.3) is 0 Å². The van der Waals surface area contributed by atoms with Crippen molar-refractivity contribution in [2.45, 2.75) is 50.6 Å². The van der Waals surface area contributed by atoms with Crippen molar-refractivity contribution in [2.75, 3.05) is 51.3 Å². The highest BCUT2D eigenvalue weighted by atomic mass is 16.5. The van der Waals surface area contributed by atoms with E-state index in [9.17, 15) is 0 Å². The zero-order chi connectivity index (χ0) is 17.1. The minimum Gasteiger partial charge on any atom is -0.495 e. The van der Waals surface area contributed by atoms with Crippen molar-refractivity contribution in [3.05, 3.63) is 24.3 Å². The van der Waals surface area contributed by atoms with Gasteiger partial charge in [-0.25, -0.2) is 0 Å². The van der Waals surface area contributed by atoms with Gasteiger partial charge >= 0.3 is 0 Å². The molecule has 0 N–H and O–H groups in total. The Morgan fingerprint density at radius 3 is 2.28 bits per heavy atom. The second-order valence-corrected chi connectivity index (χ2v) is 7.92. The monoisotopic (exact) mass is 343 g/mol. The highest BCUT2D eigenvalue weighted by Gasteiger charge is 2.32. The van der Waals surface area contributed by atoms with Gasteiger partial charge < -0.3 is 9.64 Å². The van der Waals surface area contributed by atoms with E-state index in [4.69, 9.17) is 4.74 Å². The minimum atomic E-state index is 0.772. The fourth-order valence-corrected chi connectivity index (χ4v) is 5.10. The van der Waals surface area contributed by atoms with Crippen molar-refractivity contribution in [2.24, 2.45) is 0 Å². The summed E-state index contributed by atoms with van der Waals surface area (Å²) in [6, 6.07) is 10.1. The zero-order valence-electron chi connectivity index (χ0n) is 15.7. The minimum absolute atomic E-state index is 0.772. The largest absolute Gasteiger partial charge is 0.495 e. The molecule has 0 bridgehead atoms. The van der Waals surface area contributed by atoms with E-state index < -0.39 is 0 Å². The van der Waals surface area contributed by atoms with E-state index in [2.05, 4.69) is 39.0 Å². The Kier molecular flexibility index (Phi) is 5.47. The number of piperidine rings is 1. The van der Waals surface area contributed by atoms with E-state index in [0.717, 1.165) is 30.9 Å². The first kappa shape index (κ1) is 17.2. The van der Waals surface area contributed by atoms with Crippen molar-refractivity contribution < 1.29 is 4.74 Å². The lowest BCUT2D eigenvalue weighted by molar-refractivity contribution is 0.0687. The quantitative estimate of drug-likeness (QED) is 0.835. The van der Waals surface area contributed by atoms with Crippen molar-refractivity contribution >= 4 is 5.69 Å². The number of benzene rings is 1. The predicted molar refractivity (Wildman–Crippen MR) is 104 cm³/mol.